The van der Waals surface area contributed by atoms with E-state index >= 15 is 0 Å². The second-order valence-corrected chi connectivity index (χ2v) is 3.80. The number of rotatable bonds is 4. The zero-order valence-corrected chi connectivity index (χ0v) is 9.82. The molecule has 0 radical (unpaired) electrons. The number of pyridine rings is 1. The van der Waals surface area contributed by atoms with Gasteiger partial charge in [-0.3, -0.25) is 4.98 Å². The van der Waals surface area contributed by atoms with Gasteiger partial charge in [-0.1, -0.05) is 12.1 Å². The fourth-order valence-electron chi connectivity index (χ4n) is 1.32. The molecule has 88 valence electrons. The third-order valence-corrected chi connectivity index (χ3v) is 2.53. The molecule has 0 unspecified atom stereocenters. The first-order valence-electron chi connectivity index (χ1n) is 5.16. The highest BCUT2D eigenvalue weighted by Crippen LogP contribution is 2.13. The van der Waals surface area contributed by atoms with Gasteiger partial charge in [0.2, 0.25) is 0 Å². The van der Waals surface area contributed by atoms with E-state index < -0.39 is 0 Å². The van der Waals surface area contributed by atoms with Crippen LogP contribution in [-0.4, -0.2) is 4.98 Å². The quantitative estimate of drug-likeness (QED) is 0.776. The molecule has 17 heavy (non-hydrogen) atoms. The predicted molar refractivity (Wildman–Crippen MR) is 64.5 cm³/mol. The zero-order chi connectivity index (χ0) is 12.1. The van der Waals surface area contributed by atoms with Crippen LogP contribution in [0.4, 0.5) is 4.39 Å². The summed E-state index contributed by atoms with van der Waals surface area (Å²) in [5, 5.41) is 0. The summed E-state index contributed by atoms with van der Waals surface area (Å²) < 4.78 is 18.2. The maximum absolute atomic E-state index is 12.7. The number of hydrogen-bond acceptors (Lipinski definition) is 2. The lowest BCUT2D eigenvalue weighted by atomic mass is 10.2. The normalized spacial score (nSPS) is 10.2. The fraction of sp³-hybridized carbons (Fsp3) is 0.154. The Bertz CT molecular complexity index is 470. The van der Waals surface area contributed by atoms with Gasteiger partial charge < -0.3 is 4.74 Å². The summed E-state index contributed by atoms with van der Waals surface area (Å²) in [4.78, 5) is 4.11. The molecule has 0 aliphatic carbocycles. The number of ether oxygens (including phenoxy) is 1. The number of nitrogens with zero attached hydrogens (tertiary/aromatic N) is 1. The van der Waals surface area contributed by atoms with E-state index in [2.05, 4.69) is 4.98 Å². The molecule has 2 nitrogen and oxygen atoms in total. The van der Waals surface area contributed by atoms with Crippen LogP contribution in [0.2, 0.25) is 0 Å². The van der Waals surface area contributed by atoms with Gasteiger partial charge in [-0.25, -0.2) is 4.39 Å². The maximum Gasteiger partial charge on any atom is 0.138 e. The van der Waals surface area contributed by atoms with Gasteiger partial charge in [0.15, 0.2) is 0 Å². The van der Waals surface area contributed by atoms with Gasteiger partial charge in [-0.05, 0) is 29.8 Å². The van der Waals surface area contributed by atoms with Crippen LogP contribution in [0, 0.1) is 5.82 Å². The summed E-state index contributed by atoms with van der Waals surface area (Å²) in [5.74, 6) is 0.809. The molecule has 0 aliphatic rings. The number of aromatic nitrogens is 1. The van der Waals surface area contributed by atoms with E-state index in [1.807, 2.05) is 12.1 Å². The summed E-state index contributed by atoms with van der Waals surface area (Å²) >= 11 is 5.63. The minimum absolute atomic E-state index is 0.248. The third kappa shape index (κ3) is 3.43. The Balaban J connectivity index is 1.95. The fourth-order valence-corrected chi connectivity index (χ4v) is 1.48. The monoisotopic (exact) mass is 251 g/mol. The Kier molecular flexibility index (Phi) is 3.94. The summed E-state index contributed by atoms with van der Waals surface area (Å²) in [5.41, 5.74) is 1.72. The SMILES string of the molecule is Fc1ccc(COc2ccc(CCl)nc2)cc1. The topological polar surface area (TPSA) is 22.1 Å². The minimum atomic E-state index is -0.248. The first-order chi connectivity index (χ1) is 8.28. The molecule has 4 heteroatoms. The Morgan fingerprint density at radius 3 is 2.47 bits per heavy atom. The molecule has 0 saturated heterocycles. The second kappa shape index (κ2) is 5.64. The Morgan fingerprint density at radius 2 is 1.88 bits per heavy atom. The Hall–Kier alpha value is -1.61. The van der Waals surface area contributed by atoms with E-state index in [4.69, 9.17) is 16.3 Å². The number of benzene rings is 1. The van der Waals surface area contributed by atoms with Crippen molar-refractivity contribution in [3.63, 3.8) is 0 Å². The van der Waals surface area contributed by atoms with Crippen molar-refractivity contribution in [2.45, 2.75) is 12.5 Å². The minimum Gasteiger partial charge on any atom is -0.487 e. The lowest BCUT2D eigenvalue weighted by Crippen LogP contribution is -1.96. The molecule has 2 aromatic rings. The smallest absolute Gasteiger partial charge is 0.138 e. The van der Waals surface area contributed by atoms with Gasteiger partial charge in [-0.15, -0.1) is 11.6 Å². The van der Waals surface area contributed by atoms with Crippen LogP contribution in [-0.2, 0) is 12.5 Å². The van der Waals surface area contributed by atoms with Gasteiger partial charge in [-0.2, -0.15) is 0 Å². The summed E-state index contributed by atoms with van der Waals surface area (Å²) in [6.45, 7) is 0.391. The Labute approximate surface area is 104 Å². The zero-order valence-electron chi connectivity index (χ0n) is 9.07. The van der Waals surface area contributed by atoms with E-state index in [0.717, 1.165) is 11.3 Å². The molecule has 0 atom stereocenters. The standard InChI is InChI=1S/C13H11ClFNO/c14-7-12-5-6-13(8-16-12)17-9-10-1-3-11(15)4-2-10/h1-6,8H,7,9H2. The number of alkyl halides is 1. The summed E-state index contributed by atoms with van der Waals surface area (Å²) in [7, 11) is 0. The van der Waals surface area contributed by atoms with Crippen LogP contribution in [0.5, 0.6) is 5.75 Å². The molecule has 1 heterocycles. The van der Waals surface area contributed by atoms with Crippen LogP contribution in [0.15, 0.2) is 42.6 Å². The number of hydrogen-bond donors (Lipinski definition) is 0. The van der Waals surface area contributed by atoms with Crippen LogP contribution < -0.4 is 4.74 Å². The van der Waals surface area contributed by atoms with Crippen molar-refractivity contribution >= 4 is 11.6 Å². The van der Waals surface area contributed by atoms with E-state index in [1.54, 1.807) is 18.3 Å². The van der Waals surface area contributed by atoms with Gasteiger partial charge >= 0.3 is 0 Å². The van der Waals surface area contributed by atoms with E-state index in [0.29, 0.717) is 18.2 Å². The largest absolute Gasteiger partial charge is 0.487 e. The van der Waals surface area contributed by atoms with Gasteiger partial charge in [0.25, 0.3) is 0 Å². The molecule has 1 aromatic carbocycles. The van der Waals surface area contributed by atoms with Crippen molar-refractivity contribution in [1.82, 2.24) is 4.98 Å². The molecule has 0 aliphatic heterocycles. The number of halogens is 2. The molecule has 0 N–H and O–H groups in total. The van der Waals surface area contributed by atoms with E-state index in [1.165, 1.54) is 12.1 Å². The summed E-state index contributed by atoms with van der Waals surface area (Å²) in [6.07, 6.45) is 1.63. The molecule has 1 aromatic heterocycles. The van der Waals surface area contributed by atoms with Crippen molar-refractivity contribution in [2.24, 2.45) is 0 Å². The van der Waals surface area contributed by atoms with Crippen LogP contribution >= 0.6 is 11.6 Å². The molecule has 0 fully saturated rings. The third-order valence-electron chi connectivity index (χ3n) is 2.25. The van der Waals surface area contributed by atoms with E-state index in [-0.39, 0.29) is 5.82 Å². The van der Waals surface area contributed by atoms with Crippen molar-refractivity contribution < 1.29 is 9.13 Å². The average molecular weight is 252 g/mol. The van der Waals surface area contributed by atoms with Crippen LogP contribution in [0.25, 0.3) is 0 Å². The van der Waals surface area contributed by atoms with Crippen LogP contribution in [0.3, 0.4) is 0 Å². The average Bonchev–Trinajstić information content (AvgIpc) is 2.39. The molecular weight excluding hydrogens is 241 g/mol. The van der Waals surface area contributed by atoms with Crippen molar-refractivity contribution in [3.05, 3.63) is 59.7 Å². The van der Waals surface area contributed by atoms with Crippen molar-refractivity contribution in [2.75, 3.05) is 0 Å². The lowest BCUT2D eigenvalue weighted by Gasteiger charge is -2.06. The van der Waals surface area contributed by atoms with Gasteiger partial charge in [0, 0.05) is 0 Å². The molecule has 0 spiro atoms. The molecule has 0 saturated carbocycles. The highest BCUT2D eigenvalue weighted by molar-refractivity contribution is 6.16. The molecule has 0 amide bonds. The van der Waals surface area contributed by atoms with E-state index in [9.17, 15) is 4.39 Å². The highest BCUT2D eigenvalue weighted by atomic mass is 35.5. The van der Waals surface area contributed by atoms with Gasteiger partial charge in [0.05, 0.1) is 17.8 Å². The van der Waals surface area contributed by atoms with Crippen molar-refractivity contribution in [3.8, 4) is 5.75 Å². The highest BCUT2D eigenvalue weighted by Gasteiger charge is 1.98. The maximum atomic E-state index is 12.7. The first kappa shape index (κ1) is 11.9. The van der Waals surface area contributed by atoms with Gasteiger partial charge in [0.1, 0.15) is 18.2 Å². The second-order valence-electron chi connectivity index (χ2n) is 3.53. The van der Waals surface area contributed by atoms with Crippen molar-refractivity contribution in [1.29, 1.82) is 0 Å². The first-order valence-corrected chi connectivity index (χ1v) is 5.69. The molecule has 0 bridgehead atoms. The molecule has 2 rings (SSSR count). The molecular formula is C13H11ClFNO. The Morgan fingerprint density at radius 1 is 1.12 bits per heavy atom. The summed E-state index contributed by atoms with van der Waals surface area (Å²) in [6, 6.07) is 9.83. The lowest BCUT2D eigenvalue weighted by molar-refractivity contribution is 0.304. The van der Waals surface area contributed by atoms with Crippen LogP contribution in [0.1, 0.15) is 11.3 Å². The predicted octanol–water partition coefficient (Wildman–Crippen LogP) is 3.54.